The van der Waals surface area contributed by atoms with Crippen LogP contribution in [-0.2, 0) is 0 Å². The number of hydrogen-bond donors (Lipinski definition) is 3. The van der Waals surface area contributed by atoms with E-state index in [-0.39, 0.29) is 19.8 Å². The van der Waals surface area contributed by atoms with Crippen LogP contribution in [0.5, 0.6) is 5.75 Å². The number of ether oxygens (including phenoxy) is 1. The number of benzene rings is 1. The molecule has 0 aromatic heterocycles. The van der Waals surface area contributed by atoms with Crippen LogP contribution in [0.25, 0.3) is 0 Å². The molecule has 5 nitrogen and oxygen atoms in total. The summed E-state index contributed by atoms with van der Waals surface area (Å²) in [4.78, 5) is 1.79. The minimum atomic E-state index is -0.653. The van der Waals surface area contributed by atoms with Crippen LogP contribution in [0.1, 0.15) is 5.56 Å². The van der Waals surface area contributed by atoms with E-state index in [2.05, 4.69) is 0 Å². The molecule has 0 heterocycles. The zero-order valence-corrected chi connectivity index (χ0v) is 11.3. The Morgan fingerprint density at radius 3 is 2.21 bits per heavy atom. The number of aliphatic hydroxyl groups excluding tert-OH is 3. The summed E-state index contributed by atoms with van der Waals surface area (Å²) in [5, 5.41) is 27.6. The van der Waals surface area contributed by atoms with Gasteiger partial charge in [0.25, 0.3) is 0 Å². The maximum Gasteiger partial charge on any atom is 0.119 e. The number of aliphatic hydroxyl groups is 3. The Morgan fingerprint density at radius 1 is 1.11 bits per heavy atom. The van der Waals surface area contributed by atoms with Crippen molar-refractivity contribution in [1.29, 1.82) is 0 Å². The lowest BCUT2D eigenvalue weighted by molar-refractivity contribution is 0.0552. The van der Waals surface area contributed by atoms with Gasteiger partial charge in [-0.3, -0.25) is 4.90 Å². The molecule has 5 heteroatoms. The summed E-state index contributed by atoms with van der Waals surface area (Å²) in [7, 11) is 0. The van der Waals surface area contributed by atoms with Crippen LogP contribution in [-0.4, -0.2) is 65.8 Å². The average Bonchev–Trinajstić information content (AvgIpc) is 2.39. The summed E-state index contributed by atoms with van der Waals surface area (Å²) >= 11 is 0. The van der Waals surface area contributed by atoms with Crippen LogP contribution in [0.3, 0.4) is 0 Å². The molecular weight excluding hydrogens is 246 g/mol. The van der Waals surface area contributed by atoms with Crippen molar-refractivity contribution in [3.63, 3.8) is 0 Å². The molecule has 1 atom stereocenters. The van der Waals surface area contributed by atoms with Crippen LogP contribution in [0.2, 0.25) is 0 Å². The lowest BCUT2D eigenvalue weighted by atomic mass is 10.2. The minimum Gasteiger partial charge on any atom is -0.491 e. The zero-order chi connectivity index (χ0) is 14.1. The molecule has 1 rings (SSSR count). The maximum absolute atomic E-state index is 9.86. The quantitative estimate of drug-likeness (QED) is 0.589. The summed E-state index contributed by atoms with van der Waals surface area (Å²) < 4.78 is 5.48. The average molecular weight is 269 g/mol. The Balaban J connectivity index is 2.33. The van der Waals surface area contributed by atoms with Crippen molar-refractivity contribution in [2.24, 2.45) is 0 Å². The highest BCUT2D eigenvalue weighted by Gasteiger charge is 2.11. The number of rotatable bonds is 9. The predicted octanol–water partition coefficient (Wildman–Crippen LogP) is 0.0213. The van der Waals surface area contributed by atoms with E-state index in [1.165, 1.54) is 0 Å². The number of aryl methyl sites for hydroxylation is 1. The molecule has 0 aliphatic rings. The molecule has 3 N–H and O–H groups in total. The van der Waals surface area contributed by atoms with Gasteiger partial charge in [-0.15, -0.1) is 0 Å². The van der Waals surface area contributed by atoms with Gasteiger partial charge in [-0.05, 0) is 19.1 Å². The number of nitrogens with zero attached hydrogens (tertiary/aromatic N) is 1. The molecule has 0 saturated heterocycles. The van der Waals surface area contributed by atoms with Gasteiger partial charge < -0.3 is 20.1 Å². The second kappa shape index (κ2) is 8.87. The first-order chi connectivity index (χ1) is 9.15. The fraction of sp³-hybridized carbons (Fsp3) is 0.571. The van der Waals surface area contributed by atoms with Gasteiger partial charge in [-0.25, -0.2) is 0 Å². The third kappa shape index (κ3) is 6.54. The van der Waals surface area contributed by atoms with E-state index in [0.29, 0.717) is 19.6 Å². The highest BCUT2D eigenvalue weighted by Crippen LogP contribution is 2.11. The summed E-state index contributed by atoms with van der Waals surface area (Å²) in [6, 6.07) is 7.62. The van der Waals surface area contributed by atoms with E-state index in [0.717, 1.165) is 11.3 Å². The first-order valence-corrected chi connectivity index (χ1v) is 6.47. The smallest absolute Gasteiger partial charge is 0.119 e. The van der Waals surface area contributed by atoms with Crippen molar-refractivity contribution in [2.75, 3.05) is 39.5 Å². The summed E-state index contributed by atoms with van der Waals surface area (Å²) in [6.45, 7) is 3.44. The maximum atomic E-state index is 9.86. The summed E-state index contributed by atoms with van der Waals surface area (Å²) in [5.41, 5.74) is 1.16. The van der Waals surface area contributed by atoms with E-state index in [4.69, 9.17) is 14.9 Å². The predicted molar refractivity (Wildman–Crippen MR) is 73.3 cm³/mol. The van der Waals surface area contributed by atoms with Crippen molar-refractivity contribution in [1.82, 2.24) is 4.90 Å². The standard InChI is InChI=1S/C14H23NO4/c1-12-2-4-14(5-3-12)19-11-13(18)10-15(6-8-16)7-9-17/h2-5,13,16-18H,6-11H2,1H3. The molecular formula is C14H23NO4. The molecule has 0 amide bonds. The molecule has 0 radical (unpaired) electrons. The van der Waals surface area contributed by atoms with Crippen LogP contribution >= 0.6 is 0 Å². The summed E-state index contributed by atoms with van der Waals surface area (Å²) in [5.74, 6) is 0.723. The normalized spacial score (nSPS) is 12.7. The van der Waals surface area contributed by atoms with Crippen molar-refractivity contribution in [3.8, 4) is 5.75 Å². The SMILES string of the molecule is Cc1ccc(OCC(O)CN(CCO)CCO)cc1. The second-order valence-corrected chi connectivity index (χ2v) is 4.53. The lowest BCUT2D eigenvalue weighted by Crippen LogP contribution is -2.38. The van der Waals surface area contributed by atoms with Crippen molar-refractivity contribution < 1.29 is 20.1 Å². The first-order valence-electron chi connectivity index (χ1n) is 6.47. The third-order valence-corrected chi connectivity index (χ3v) is 2.76. The Morgan fingerprint density at radius 2 is 1.68 bits per heavy atom. The van der Waals surface area contributed by atoms with Crippen LogP contribution in [0, 0.1) is 6.92 Å². The largest absolute Gasteiger partial charge is 0.491 e. The Hall–Kier alpha value is -1.14. The van der Waals surface area contributed by atoms with Gasteiger partial charge in [0.15, 0.2) is 0 Å². The lowest BCUT2D eigenvalue weighted by Gasteiger charge is -2.23. The Bertz CT molecular complexity index is 336. The third-order valence-electron chi connectivity index (χ3n) is 2.76. The van der Waals surface area contributed by atoms with Crippen molar-refractivity contribution in [2.45, 2.75) is 13.0 Å². The van der Waals surface area contributed by atoms with Crippen LogP contribution < -0.4 is 4.74 Å². The molecule has 0 aliphatic heterocycles. The van der Waals surface area contributed by atoms with Crippen molar-refractivity contribution in [3.05, 3.63) is 29.8 Å². The molecule has 1 aromatic rings. The molecule has 1 unspecified atom stereocenters. The molecule has 108 valence electrons. The van der Waals surface area contributed by atoms with E-state index in [9.17, 15) is 5.11 Å². The van der Waals surface area contributed by atoms with Crippen LogP contribution in [0.15, 0.2) is 24.3 Å². The fourth-order valence-corrected chi connectivity index (χ4v) is 1.75. The van der Waals surface area contributed by atoms with Gasteiger partial charge in [-0.2, -0.15) is 0 Å². The second-order valence-electron chi connectivity index (χ2n) is 4.53. The molecule has 0 aliphatic carbocycles. The van der Waals surface area contributed by atoms with Crippen LogP contribution in [0.4, 0.5) is 0 Å². The first kappa shape index (κ1) is 15.9. The molecule has 0 spiro atoms. The fourth-order valence-electron chi connectivity index (χ4n) is 1.75. The summed E-state index contributed by atoms with van der Waals surface area (Å²) in [6.07, 6.45) is -0.653. The van der Waals surface area contributed by atoms with Gasteiger partial charge in [-0.1, -0.05) is 17.7 Å². The Labute approximate surface area is 114 Å². The zero-order valence-electron chi connectivity index (χ0n) is 11.3. The monoisotopic (exact) mass is 269 g/mol. The molecule has 0 saturated carbocycles. The van der Waals surface area contributed by atoms with Gasteiger partial charge in [0.05, 0.1) is 13.2 Å². The van der Waals surface area contributed by atoms with Gasteiger partial charge >= 0.3 is 0 Å². The topological polar surface area (TPSA) is 73.2 Å². The molecule has 19 heavy (non-hydrogen) atoms. The highest BCUT2D eigenvalue weighted by molar-refractivity contribution is 5.26. The van der Waals surface area contributed by atoms with Gasteiger partial charge in [0, 0.05) is 19.6 Å². The van der Waals surface area contributed by atoms with E-state index in [1.54, 1.807) is 4.90 Å². The van der Waals surface area contributed by atoms with E-state index < -0.39 is 6.10 Å². The molecule has 0 bridgehead atoms. The van der Waals surface area contributed by atoms with Gasteiger partial charge in [0.1, 0.15) is 18.5 Å². The van der Waals surface area contributed by atoms with Crippen molar-refractivity contribution >= 4 is 0 Å². The van der Waals surface area contributed by atoms with E-state index in [1.807, 2.05) is 31.2 Å². The minimum absolute atomic E-state index is 0.00550. The Kier molecular flexibility index (Phi) is 7.43. The number of hydrogen-bond acceptors (Lipinski definition) is 5. The van der Waals surface area contributed by atoms with Gasteiger partial charge in [0.2, 0.25) is 0 Å². The molecule has 1 aromatic carbocycles. The highest BCUT2D eigenvalue weighted by atomic mass is 16.5. The molecule has 0 fully saturated rings. The van der Waals surface area contributed by atoms with E-state index >= 15 is 0 Å².